The second kappa shape index (κ2) is 11.9. The SMILES string of the molecule is CN1CCN(c2nc(CNC(=O)[C@@H]3CCCN3S(=O)(=O)c3ccc(F)cc3)cc(-c3ccc(C(F)(F)F)cc3)n2)CC1. The predicted molar refractivity (Wildman–Crippen MR) is 147 cm³/mol. The van der Waals surface area contributed by atoms with Crippen LogP contribution in [0.15, 0.2) is 59.5 Å². The maximum Gasteiger partial charge on any atom is 0.416 e. The summed E-state index contributed by atoms with van der Waals surface area (Å²) in [6, 6.07) is 9.77. The van der Waals surface area contributed by atoms with Gasteiger partial charge in [-0.25, -0.2) is 22.8 Å². The van der Waals surface area contributed by atoms with E-state index in [1.165, 1.54) is 24.3 Å². The zero-order valence-electron chi connectivity index (χ0n) is 22.8. The quantitative estimate of drug-likeness (QED) is 0.411. The van der Waals surface area contributed by atoms with Crippen molar-refractivity contribution in [1.29, 1.82) is 0 Å². The lowest BCUT2D eigenvalue weighted by molar-refractivity contribution is -0.137. The van der Waals surface area contributed by atoms with Gasteiger partial charge < -0.3 is 15.1 Å². The lowest BCUT2D eigenvalue weighted by Gasteiger charge is -2.32. The molecule has 3 aromatic rings. The van der Waals surface area contributed by atoms with Crippen LogP contribution >= 0.6 is 0 Å². The van der Waals surface area contributed by atoms with E-state index in [9.17, 15) is 30.8 Å². The molecule has 9 nitrogen and oxygen atoms in total. The summed E-state index contributed by atoms with van der Waals surface area (Å²) in [5.74, 6) is -0.679. The zero-order valence-corrected chi connectivity index (χ0v) is 23.6. The fourth-order valence-electron chi connectivity index (χ4n) is 5.03. The predicted octanol–water partition coefficient (Wildman–Crippen LogP) is 3.52. The van der Waals surface area contributed by atoms with Crippen LogP contribution in [0, 0.1) is 5.82 Å². The number of nitrogens with one attached hydrogen (secondary N) is 1. The van der Waals surface area contributed by atoms with Crippen LogP contribution in [0.1, 0.15) is 24.1 Å². The van der Waals surface area contributed by atoms with E-state index in [0.29, 0.717) is 48.8 Å². The zero-order chi connectivity index (χ0) is 30.1. The van der Waals surface area contributed by atoms with E-state index in [4.69, 9.17) is 0 Å². The highest BCUT2D eigenvalue weighted by atomic mass is 32.2. The van der Waals surface area contributed by atoms with Gasteiger partial charge in [0.2, 0.25) is 21.9 Å². The number of nitrogens with zero attached hydrogens (tertiary/aromatic N) is 5. The smallest absolute Gasteiger partial charge is 0.349 e. The normalized spacial score (nSPS) is 18.8. The summed E-state index contributed by atoms with van der Waals surface area (Å²) >= 11 is 0. The van der Waals surface area contributed by atoms with Crippen molar-refractivity contribution in [3.8, 4) is 11.3 Å². The molecule has 42 heavy (non-hydrogen) atoms. The molecule has 0 radical (unpaired) electrons. The van der Waals surface area contributed by atoms with E-state index in [0.717, 1.165) is 41.7 Å². The molecule has 2 saturated heterocycles. The number of halogens is 4. The van der Waals surface area contributed by atoms with E-state index in [2.05, 4.69) is 20.2 Å². The number of hydrogen-bond donors (Lipinski definition) is 1. The highest BCUT2D eigenvalue weighted by Gasteiger charge is 2.39. The number of alkyl halides is 3. The van der Waals surface area contributed by atoms with Crippen LogP contribution in [-0.4, -0.2) is 79.3 Å². The minimum atomic E-state index is -4.47. The minimum Gasteiger partial charge on any atom is -0.349 e. The second-order valence-electron chi connectivity index (χ2n) is 10.4. The molecule has 2 fully saturated rings. The third-order valence-electron chi connectivity index (χ3n) is 7.43. The standard InChI is InChI=1S/C28H30F4N6O3S/c1-36-13-15-37(16-14-36)27-34-22(17-24(35-27)19-4-6-20(7-5-19)28(30,31)32)18-33-26(39)25-3-2-12-38(25)42(40,41)23-10-8-21(29)9-11-23/h4-11,17,25H,2-3,12-16,18H2,1H3,(H,33,39)/t25-/m0/s1. The Balaban J connectivity index is 1.37. The topological polar surface area (TPSA) is 98.7 Å². The molecule has 1 aromatic heterocycles. The van der Waals surface area contributed by atoms with E-state index in [1.54, 1.807) is 6.07 Å². The number of likely N-dealkylation sites (N-methyl/N-ethyl adjacent to an activating group) is 1. The molecular weight excluding hydrogens is 576 g/mol. The minimum absolute atomic E-state index is 0.0450. The molecule has 0 unspecified atom stereocenters. The monoisotopic (exact) mass is 606 g/mol. The number of amides is 1. The van der Waals surface area contributed by atoms with Crippen LogP contribution in [0.25, 0.3) is 11.3 Å². The summed E-state index contributed by atoms with van der Waals surface area (Å²) in [5, 5.41) is 2.78. The fraction of sp³-hybridized carbons (Fsp3) is 0.393. The first-order chi connectivity index (χ1) is 19.9. The van der Waals surface area contributed by atoms with Crippen LogP contribution in [-0.2, 0) is 27.5 Å². The first kappa shape index (κ1) is 29.9. The van der Waals surface area contributed by atoms with Gasteiger partial charge in [-0.3, -0.25) is 4.79 Å². The Hall–Kier alpha value is -3.62. The third-order valence-corrected chi connectivity index (χ3v) is 9.35. The van der Waals surface area contributed by atoms with Crippen LogP contribution in [0.3, 0.4) is 0 Å². The number of anilines is 1. The Morgan fingerprint density at radius 1 is 0.976 bits per heavy atom. The van der Waals surface area contributed by atoms with Gasteiger partial charge in [0.15, 0.2) is 0 Å². The van der Waals surface area contributed by atoms with Gasteiger partial charge in [-0.15, -0.1) is 0 Å². The molecule has 0 saturated carbocycles. The second-order valence-corrected chi connectivity index (χ2v) is 12.2. The summed E-state index contributed by atoms with van der Waals surface area (Å²) in [4.78, 5) is 26.5. The molecule has 2 aliphatic heterocycles. The molecule has 224 valence electrons. The van der Waals surface area contributed by atoms with Gasteiger partial charge in [-0.2, -0.15) is 17.5 Å². The molecule has 1 amide bonds. The highest BCUT2D eigenvalue weighted by molar-refractivity contribution is 7.89. The molecular formula is C28H30F4N6O3S. The van der Waals surface area contributed by atoms with Crippen molar-refractivity contribution in [3.05, 3.63) is 71.7 Å². The van der Waals surface area contributed by atoms with Crippen molar-refractivity contribution >= 4 is 21.9 Å². The van der Waals surface area contributed by atoms with Crippen molar-refractivity contribution in [2.24, 2.45) is 0 Å². The lowest BCUT2D eigenvalue weighted by Crippen LogP contribution is -2.46. The molecule has 14 heteroatoms. The number of rotatable bonds is 7. The Kier molecular flexibility index (Phi) is 8.49. The van der Waals surface area contributed by atoms with Crippen molar-refractivity contribution in [3.63, 3.8) is 0 Å². The van der Waals surface area contributed by atoms with Gasteiger partial charge in [0.1, 0.15) is 11.9 Å². The molecule has 1 atom stereocenters. The van der Waals surface area contributed by atoms with E-state index in [-0.39, 0.29) is 18.0 Å². The summed E-state index contributed by atoms with van der Waals surface area (Å²) in [6.07, 6.45) is -3.67. The average Bonchev–Trinajstić information content (AvgIpc) is 3.47. The molecule has 1 N–H and O–H groups in total. The van der Waals surface area contributed by atoms with Crippen LogP contribution < -0.4 is 10.2 Å². The van der Waals surface area contributed by atoms with E-state index in [1.807, 2.05) is 11.9 Å². The lowest BCUT2D eigenvalue weighted by atomic mass is 10.1. The van der Waals surface area contributed by atoms with Gasteiger partial charge >= 0.3 is 6.18 Å². The molecule has 0 aliphatic carbocycles. The number of hydrogen-bond acceptors (Lipinski definition) is 7. The molecule has 0 bridgehead atoms. The van der Waals surface area contributed by atoms with Crippen molar-refractivity contribution in [2.45, 2.75) is 36.5 Å². The van der Waals surface area contributed by atoms with Crippen LogP contribution in [0.4, 0.5) is 23.5 Å². The molecule has 0 spiro atoms. The van der Waals surface area contributed by atoms with Crippen molar-refractivity contribution in [1.82, 2.24) is 24.5 Å². The molecule has 5 rings (SSSR count). The van der Waals surface area contributed by atoms with Crippen molar-refractivity contribution in [2.75, 3.05) is 44.7 Å². The Morgan fingerprint density at radius 2 is 1.64 bits per heavy atom. The number of benzene rings is 2. The molecule has 2 aliphatic rings. The molecule has 2 aromatic carbocycles. The maximum absolute atomic E-state index is 13.4. The van der Waals surface area contributed by atoms with Gasteiger partial charge in [-0.05, 0) is 62.4 Å². The Bertz CT molecular complexity index is 1530. The van der Waals surface area contributed by atoms with E-state index >= 15 is 0 Å². The number of carbonyl (C=O) groups excluding carboxylic acids is 1. The summed E-state index contributed by atoms with van der Waals surface area (Å²) in [6.45, 7) is 2.96. The first-order valence-electron chi connectivity index (χ1n) is 13.5. The van der Waals surface area contributed by atoms with Crippen LogP contribution in [0.5, 0.6) is 0 Å². The van der Waals surface area contributed by atoms with Gasteiger partial charge in [0.05, 0.1) is 28.4 Å². The van der Waals surface area contributed by atoms with E-state index < -0.39 is 39.5 Å². The van der Waals surface area contributed by atoms with Gasteiger partial charge in [0.25, 0.3) is 0 Å². The maximum atomic E-state index is 13.4. The fourth-order valence-corrected chi connectivity index (χ4v) is 6.68. The Labute approximate surface area is 241 Å². The van der Waals surface area contributed by atoms with Crippen molar-refractivity contribution < 1.29 is 30.8 Å². The largest absolute Gasteiger partial charge is 0.416 e. The Morgan fingerprint density at radius 3 is 2.29 bits per heavy atom. The number of carbonyl (C=O) groups is 1. The highest BCUT2D eigenvalue weighted by Crippen LogP contribution is 2.31. The third kappa shape index (κ3) is 6.55. The molecule has 3 heterocycles. The summed E-state index contributed by atoms with van der Waals surface area (Å²) in [5.41, 5.74) is 0.510. The van der Waals surface area contributed by atoms with Gasteiger partial charge in [0, 0.05) is 38.3 Å². The number of aromatic nitrogens is 2. The van der Waals surface area contributed by atoms with Gasteiger partial charge in [-0.1, -0.05) is 12.1 Å². The first-order valence-corrected chi connectivity index (χ1v) is 14.9. The number of piperazine rings is 1. The van der Waals surface area contributed by atoms with Crippen LogP contribution in [0.2, 0.25) is 0 Å². The summed E-state index contributed by atoms with van der Waals surface area (Å²) in [7, 11) is -2.03. The number of sulfonamides is 1. The average molecular weight is 607 g/mol. The summed E-state index contributed by atoms with van der Waals surface area (Å²) < 4.78 is 80.2.